The summed E-state index contributed by atoms with van der Waals surface area (Å²) in [5.74, 6) is 0.657. The smallest absolute Gasteiger partial charge is 0.172 e. The van der Waals surface area contributed by atoms with Crippen LogP contribution in [0.2, 0.25) is 0 Å². The average Bonchev–Trinajstić information content (AvgIpc) is 3.03. The Bertz CT molecular complexity index is 838. The lowest BCUT2D eigenvalue weighted by Gasteiger charge is -2.09. The van der Waals surface area contributed by atoms with E-state index in [1.165, 1.54) is 0 Å². The van der Waals surface area contributed by atoms with Crippen LogP contribution in [0, 0.1) is 0 Å². The number of rotatable bonds is 5. The second kappa shape index (κ2) is 6.70. The van der Waals surface area contributed by atoms with Gasteiger partial charge in [0.05, 0.1) is 12.8 Å². The highest BCUT2D eigenvalue weighted by Crippen LogP contribution is 2.24. The molecule has 0 aliphatic rings. The van der Waals surface area contributed by atoms with E-state index in [0.717, 1.165) is 11.3 Å². The van der Waals surface area contributed by atoms with Crippen LogP contribution < -0.4 is 4.74 Å². The number of aromatic nitrogens is 3. The number of hydrogen-bond donors (Lipinski definition) is 0. The van der Waals surface area contributed by atoms with E-state index in [0.29, 0.717) is 17.7 Å². The summed E-state index contributed by atoms with van der Waals surface area (Å²) in [5, 5.41) is 8.02. The van der Waals surface area contributed by atoms with E-state index in [2.05, 4.69) is 10.3 Å². The summed E-state index contributed by atoms with van der Waals surface area (Å²) in [4.78, 5) is 11.3. The summed E-state index contributed by atoms with van der Waals surface area (Å²) < 4.78 is 6.96. The second-order valence-corrected chi connectivity index (χ2v) is 4.81. The van der Waals surface area contributed by atoms with Crippen molar-refractivity contribution in [2.24, 2.45) is 0 Å². The van der Waals surface area contributed by atoms with E-state index < -0.39 is 0 Å². The predicted octanol–water partition coefficient (Wildman–Crippen LogP) is 3.26. The van der Waals surface area contributed by atoms with Crippen LogP contribution in [0.5, 0.6) is 5.75 Å². The third-order valence-electron chi connectivity index (χ3n) is 3.39. The maximum absolute atomic E-state index is 11.3. The zero-order valence-corrected chi connectivity index (χ0v) is 12.6. The minimum atomic E-state index is 0.281. The van der Waals surface area contributed by atoms with Gasteiger partial charge in [-0.05, 0) is 23.8 Å². The predicted molar refractivity (Wildman–Crippen MR) is 88.7 cm³/mol. The number of benzene rings is 2. The molecule has 1 heterocycles. The number of hydrogen-bond acceptors (Lipinski definition) is 4. The summed E-state index contributed by atoms with van der Waals surface area (Å²) in [6.07, 6.45) is 4.44. The van der Waals surface area contributed by atoms with E-state index in [9.17, 15) is 4.79 Å². The fourth-order valence-electron chi connectivity index (χ4n) is 2.26. The van der Waals surface area contributed by atoms with Gasteiger partial charge in [0.1, 0.15) is 11.4 Å². The highest BCUT2D eigenvalue weighted by molar-refractivity contribution is 5.82. The van der Waals surface area contributed by atoms with Crippen molar-refractivity contribution >= 4 is 18.4 Å². The standard InChI is InChI=1S/C18H15N3O2/c1-23-18-10-6-5-9-17(18)21-16(15(13-22)19-20-21)12-11-14-7-3-2-4-8-14/h2-13H,1H3/b12-11+. The van der Waals surface area contributed by atoms with Crippen LogP contribution in [-0.4, -0.2) is 28.4 Å². The zero-order valence-electron chi connectivity index (χ0n) is 12.6. The molecule has 5 nitrogen and oxygen atoms in total. The van der Waals surface area contributed by atoms with E-state index in [-0.39, 0.29) is 5.69 Å². The molecule has 2 aromatic carbocycles. The summed E-state index contributed by atoms with van der Waals surface area (Å²) in [6.45, 7) is 0. The number of nitrogens with zero attached hydrogens (tertiary/aromatic N) is 3. The highest BCUT2D eigenvalue weighted by Gasteiger charge is 2.14. The van der Waals surface area contributed by atoms with Crippen LogP contribution in [0.15, 0.2) is 54.6 Å². The first-order valence-corrected chi connectivity index (χ1v) is 7.11. The molecule has 3 aromatic rings. The second-order valence-electron chi connectivity index (χ2n) is 4.81. The van der Waals surface area contributed by atoms with Crippen molar-refractivity contribution in [1.29, 1.82) is 0 Å². The van der Waals surface area contributed by atoms with Gasteiger partial charge in [-0.15, -0.1) is 5.10 Å². The molecule has 0 aliphatic heterocycles. The van der Waals surface area contributed by atoms with Crippen LogP contribution in [0.1, 0.15) is 21.7 Å². The molecule has 0 amide bonds. The summed E-state index contributed by atoms with van der Waals surface area (Å²) in [5.41, 5.74) is 2.64. The number of para-hydroxylation sites is 2. The van der Waals surface area contributed by atoms with E-state index >= 15 is 0 Å². The van der Waals surface area contributed by atoms with Gasteiger partial charge in [-0.25, -0.2) is 4.68 Å². The van der Waals surface area contributed by atoms with Crippen LogP contribution in [0.4, 0.5) is 0 Å². The largest absolute Gasteiger partial charge is 0.494 e. The molecule has 0 unspecified atom stereocenters. The quantitative estimate of drug-likeness (QED) is 0.679. The lowest BCUT2D eigenvalue weighted by molar-refractivity contribution is 0.111. The van der Waals surface area contributed by atoms with Crippen molar-refractivity contribution in [1.82, 2.24) is 15.0 Å². The Morgan fingerprint density at radius 3 is 2.48 bits per heavy atom. The van der Waals surface area contributed by atoms with Crippen molar-refractivity contribution in [3.05, 3.63) is 71.5 Å². The van der Waals surface area contributed by atoms with Crippen molar-refractivity contribution in [3.8, 4) is 11.4 Å². The van der Waals surface area contributed by atoms with Crippen molar-refractivity contribution in [2.75, 3.05) is 7.11 Å². The number of methoxy groups -OCH3 is 1. The van der Waals surface area contributed by atoms with Gasteiger partial charge in [-0.3, -0.25) is 4.79 Å². The lowest BCUT2D eigenvalue weighted by Crippen LogP contribution is -2.02. The third kappa shape index (κ3) is 3.03. The van der Waals surface area contributed by atoms with Crippen LogP contribution in [0.3, 0.4) is 0 Å². The Hall–Kier alpha value is -3.21. The van der Waals surface area contributed by atoms with E-state index in [4.69, 9.17) is 4.74 Å². The van der Waals surface area contributed by atoms with Gasteiger partial charge >= 0.3 is 0 Å². The maximum Gasteiger partial charge on any atom is 0.172 e. The molecule has 0 saturated heterocycles. The van der Waals surface area contributed by atoms with Gasteiger partial charge in [-0.1, -0.05) is 53.8 Å². The average molecular weight is 305 g/mol. The highest BCUT2D eigenvalue weighted by atomic mass is 16.5. The molecule has 0 fully saturated rings. The van der Waals surface area contributed by atoms with Gasteiger partial charge in [0.2, 0.25) is 0 Å². The first kappa shape index (κ1) is 14.7. The molecule has 0 atom stereocenters. The van der Waals surface area contributed by atoms with Crippen LogP contribution in [-0.2, 0) is 0 Å². The summed E-state index contributed by atoms with van der Waals surface area (Å²) in [6, 6.07) is 17.3. The fourth-order valence-corrected chi connectivity index (χ4v) is 2.26. The molecule has 0 saturated carbocycles. The molecule has 114 valence electrons. The van der Waals surface area contributed by atoms with E-state index in [1.54, 1.807) is 11.8 Å². The minimum absolute atomic E-state index is 0.281. The van der Waals surface area contributed by atoms with Gasteiger partial charge in [0.25, 0.3) is 0 Å². The monoisotopic (exact) mass is 305 g/mol. The molecule has 5 heteroatoms. The number of carbonyl (C=O) groups is 1. The molecule has 0 N–H and O–H groups in total. The lowest BCUT2D eigenvalue weighted by atomic mass is 10.2. The number of carbonyl (C=O) groups excluding carboxylic acids is 1. The Labute approximate surface area is 133 Å². The molecule has 0 radical (unpaired) electrons. The Balaban J connectivity index is 2.08. The van der Waals surface area contributed by atoms with Crippen molar-refractivity contribution in [3.63, 3.8) is 0 Å². The topological polar surface area (TPSA) is 57.0 Å². The molecule has 1 aromatic heterocycles. The van der Waals surface area contributed by atoms with Gasteiger partial charge < -0.3 is 4.74 Å². The molecule has 0 aliphatic carbocycles. The number of aldehydes is 1. The van der Waals surface area contributed by atoms with Crippen molar-refractivity contribution < 1.29 is 9.53 Å². The Morgan fingerprint density at radius 2 is 1.74 bits per heavy atom. The summed E-state index contributed by atoms with van der Waals surface area (Å²) >= 11 is 0. The van der Waals surface area contributed by atoms with Crippen LogP contribution in [0.25, 0.3) is 17.8 Å². The molecule has 3 rings (SSSR count). The minimum Gasteiger partial charge on any atom is -0.494 e. The Morgan fingerprint density at radius 1 is 1.00 bits per heavy atom. The van der Waals surface area contributed by atoms with Gasteiger partial charge in [0, 0.05) is 0 Å². The van der Waals surface area contributed by atoms with Gasteiger partial charge in [0.15, 0.2) is 12.0 Å². The molecular weight excluding hydrogens is 290 g/mol. The van der Waals surface area contributed by atoms with Crippen molar-refractivity contribution in [2.45, 2.75) is 0 Å². The Kier molecular flexibility index (Phi) is 4.29. The number of ether oxygens (including phenoxy) is 1. The molecule has 23 heavy (non-hydrogen) atoms. The zero-order chi connectivity index (χ0) is 16.1. The fraction of sp³-hybridized carbons (Fsp3) is 0.0556. The molecule has 0 spiro atoms. The normalized spacial score (nSPS) is 10.8. The first-order valence-electron chi connectivity index (χ1n) is 7.11. The maximum atomic E-state index is 11.3. The third-order valence-corrected chi connectivity index (χ3v) is 3.39. The molecule has 0 bridgehead atoms. The van der Waals surface area contributed by atoms with E-state index in [1.807, 2.05) is 66.7 Å². The first-order chi connectivity index (χ1) is 11.3. The summed E-state index contributed by atoms with van der Waals surface area (Å²) in [7, 11) is 1.59. The van der Waals surface area contributed by atoms with Gasteiger partial charge in [-0.2, -0.15) is 0 Å². The van der Waals surface area contributed by atoms with Crippen LogP contribution >= 0.6 is 0 Å². The SMILES string of the molecule is COc1ccccc1-n1nnc(C=O)c1/C=C/c1ccccc1. The molecular formula is C18H15N3O2.